The third-order valence-electron chi connectivity index (χ3n) is 12.2. The van der Waals surface area contributed by atoms with Gasteiger partial charge in [-0.2, -0.15) is 0 Å². The van der Waals surface area contributed by atoms with Crippen molar-refractivity contribution in [3.8, 4) is 0 Å². The molecule has 0 bridgehead atoms. The summed E-state index contributed by atoms with van der Waals surface area (Å²) in [6, 6.07) is 36.2. The number of rotatable bonds is 5. The highest BCUT2D eigenvalue weighted by molar-refractivity contribution is 7.84. The van der Waals surface area contributed by atoms with Gasteiger partial charge < -0.3 is 4.57 Å². The Morgan fingerprint density at radius 2 is 0.694 bits per heavy atom. The minimum absolute atomic E-state index is 0. The van der Waals surface area contributed by atoms with Gasteiger partial charge in [-0.1, -0.05) is 213 Å². The van der Waals surface area contributed by atoms with Crippen LogP contribution in [0.5, 0.6) is 0 Å². The van der Waals surface area contributed by atoms with Gasteiger partial charge >= 0.3 is 6.73 Å². The molecule has 62 heavy (non-hydrogen) atoms. The molecule has 0 amide bonds. The molecule has 0 radical (unpaired) electrons. The van der Waals surface area contributed by atoms with Crippen molar-refractivity contribution < 1.29 is 4.57 Å². The van der Waals surface area contributed by atoms with Crippen LogP contribution in [0.2, 0.25) is 0 Å². The fraction of sp³-hybridized carbons (Fsp3) is 0.547. The van der Waals surface area contributed by atoms with Crippen LogP contribution in [0.25, 0.3) is 0 Å². The van der Waals surface area contributed by atoms with E-state index >= 15 is 0 Å². The molecule has 2 saturated heterocycles. The van der Waals surface area contributed by atoms with E-state index in [2.05, 4.69) is 180 Å². The van der Waals surface area contributed by atoms with Crippen molar-refractivity contribution in [1.82, 2.24) is 4.67 Å². The Bertz CT molecular complexity index is 1840. The highest BCUT2D eigenvalue weighted by atomic mass is 35.8. The van der Waals surface area contributed by atoms with Crippen LogP contribution in [0.4, 0.5) is 0 Å². The zero-order chi connectivity index (χ0) is 46.3. The molecule has 2 nitrogen and oxygen atoms in total. The first-order valence-corrected chi connectivity index (χ1v) is 31.6. The smallest absolute Gasteiger partial charge is 0.305 e. The van der Waals surface area contributed by atoms with Crippen molar-refractivity contribution in [3.63, 3.8) is 0 Å². The summed E-state index contributed by atoms with van der Waals surface area (Å²) >= 11 is 21.9. The van der Waals surface area contributed by atoms with Crippen LogP contribution in [0, 0.1) is 0 Å². The van der Waals surface area contributed by atoms with E-state index in [0.29, 0.717) is 11.3 Å². The Morgan fingerprint density at radius 1 is 0.484 bits per heavy atom. The van der Waals surface area contributed by atoms with Crippen LogP contribution in [-0.4, -0.2) is 25.5 Å². The number of nitrogens with zero attached hydrogens (tertiary/aromatic N) is 1. The predicted octanol–water partition coefficient (Wildman–Crippen LogP) is 19.3. The molecule has 4 aromatic rings. The molecule has 0 N–H and O–H groups in total. The lowest BCUT2D eigenvalue weighted by molar-refractivity contribution is 0.502. The Morgan fingerprint density at radius 3 is 0.887 bits per heavy atom. The summed E-state index contributed by atoms with van der Waals surface area (Å²) in [7, 11) is 0.866. The van der Waals surface area contributed by atoms with Crippen molar-refractivity contribution in [2.75, 3.05) is 14.1 Å². The summed E-state index contributed by atoms with van der Waals surface area (Å²) in [6.45, 7) is 29.3. The normalized spacial score (nSPS) is 20.3. The summed E-state index contributed by atoms with van der Waals surface area (Å²) < 4.78 is 16.5. The quantitative estimate of drug-likeness (QED) is 0.113. The first kappa shape index (κ1) is 57.0. The molecule has 2 aliphatic rings. The molecular weight excluding hydrogens is 898 g/mol. The molecule has 9 heteroatoms. The third-order valence-corrected chi connectivity index (χ3v) is 20.1. The number of hydrogen-bond donors (Lipinski definition) is 0. The topological polar surface area (TPSA) is 20.3 Å². The maximum absolute atomic E-state index is 14.5. The van der Waals surface area contributed by atoms with Gasteiger partial charge in [0.15, 0.2) is 7.29 Å². The summed E-state index contributed by atoms with van der Waals surface area (Å²) in [5.41, 5.74) is 12.7. The van der Waals surface area contributed by atoms with Crippen molar-refractivity contribution >= 4 is 65.8 Å². The predicted molar refractivity (Wildman–Crippen MR) is 287 cm³/mol. The maximum Gasteiger partial charge on any atom is 0.326 e. The lowest BCUT2D eigenvalue weighted by Gasteiger charge is -2.33. The molecule has 2 aliphatic heterocycles. The van der Waals surface area contributed by atoms with Crippen LogP contribution in [0.1, 0.15) is 197 Å². The van der Waals surface area contributed by atoms with E-state index in [1.54, 1.807) is 0 Å². The summed E-state index contributed by atoms with van der Waals surface area (Å²) in [5, 5.41) is 0. The zero-order valence-electron chi connectivity index (χ0n) is 40.2. The highest BCUT2D eigenvalue weighted by Gasteiger charge is 2.49. The maximum atomic E-state index is 14.5. The van der Waals surface area contributed by atoms with Gasteiger partial charge in [0, 0.05) is 18.6 Å². The Balaban J connectivity index is 0.000000375. The Labute approximate surface area is 402 Å². The van der Waals surface area contributed by atoms with Crippen LogP contribution in [0.3, 0.4) is 0 Å². The monoisotopic (exact) mass is 977 g/mol. The van der Waals surface area contributed by atoms with Crippen LogP contribution < -0.4 is 0 Å². The fourth-order valence-electron chi connectivity index (χ4n) is 8.44. The largest absolute Gasteiger partial charge is 0.326 e. The second kappa shape index (κ2) is 23.6. The van der Waals surface area contributed by atoms with Gasteiger partial charge in [-0.3, -0.25) is 4.67 Å². The standard InChI is InChI=1S/C26H38NOP.C24H32ClP.C2H6.CH4.Cl3HSi/c1-25(2,3)21-13-9-19(10-14-21)23-17-18-24(29(23,28)27(7)8)20-11-15-22(16-12-20)26(4,5)6;1-23(2,3)19-11-7-17(8-12-19)21-15-16-22(26(21)25)18-9-13-20(14-10-18)24(4,5)6;1-2;;1-4(2)3/h9-16,23-24H,17-18H2,1-8H3;7-14,21-22H,15-16H2,1-6H3;1-2H3;1H4;4H/t23-,24-;21-,22-;;;/m00.../s1. The molecular formula is C53H81Cl4NOP2Si. The average molecular weight is 980 g/mol. The van der Waals surface area contributed by atoms with Crippen molar-refractivity contribution in [2.24, 2.45) is 0 Å². The van der Waals surface area contributed by atoms with E-state index in [1.165, 1.54) is 57.3 Å². The third kappa shape index (κ3) is 14.9. The second-order valence-corrected chi connectivity index (χ2v) is 33.7. The van der Waals surface area contributed by atoms with Gasteiger partial charge in [0.2, 0.25) is 0 Å². The molecule has 0 aromatic heterocycles. The molecule has 2 fully saturated rings. The molecule has 0 saturated carbocycles. The Hall–Kier alpha value is -1.12. The van der Waals surface area contributed by atoms with E-state index in [0.717, 1.165) is 12.8 Å². The van der Waals surface area contributed by atoms with Gasteiger partial charge in [0.05, 0.1) is 11.3 Å². The van der Waals surface area contributed by atoms with E-state index < -0.39 is 21.3 Å². The lowest BCUT2D eigenvalue weighted by Crippen LogP contribution is -2.16. The molecule has 6 rings (SSSR count). The van der Waals surface area contributed by atoms with Gasteiger partial charge in [0.25, 0.3) is 0 Å². The number of halogens is 4. The number of benzene rings is 4. The molecule has 2 heterocycles. The molecule has 0 aliphatic carbocycles. The zero-order valence-corrected chi connectivity index (χ0v) is 46.2. The van der Waals surface area contributed by atoms with Crippen molar-refractivity contribution in [2.45, 2.75) is 174 Å². The second-order valence-electron chi connectivity index (χ2n) is 20.8. The van der Waals surface area contributed by atoms with E-state index in [1.807, 2.05) is 32.6 Å². The summed E-state index contributed by atoms with van der Waals surface area (Å²) in [6.07, 6.45) is 4.37. The summed E-state index contributed by atoms with van der Waals surface area (Å²) in [4.78, 5) is 0. The lowest BCUT2D eigenvalue weighted by atomic mass is 9.86. The van der Waals surface area contributed by atoms with E-state index in [-0.39, 0.29) is 40.4 Å². The van der Waals surface area contributed by atoms with Gasteiger partial charge in [-0.05, 0) is 106 Å². The fourth-order valence-corrected chi connectivity index (χ4v) is 15.6. The molecule has 346 valence electrons. The first-order chi connectivity index (χ1) is 28.1. The van der Waals surface area contributed by atoms with Crippen molar-refractivity contribution in [3.05, 3.63) is 142 Å². The highest BCUT2D eigenvalue weighted by Crippen LogP contribution is 2.77. The van der Waals surface area contributed by atoms with E-state index in [9.17, 15) is 4.57 Å². The molecule has 0 spiro atoms. The first-order valence-electron chi connectivity index (χ1n) is 22.2. The van der Waals surface area contributed by atoms with Crippen LogP contribution >= 0.6 is 59.0 Å². The molecule has 0 unspecified atom stereocenters. The van der Waals surface area contributed by atoms with Crippen molar-refractivity contribution in [1.29, 1.82) is 0 Å². The van der Waals surface area contributed by atoms with E-state index in [4.69, 9.17) is 44.5 Å². The molecule has 4 atom stereocenters. The minimum atomic E-state index is -2.58. The van der Waals surface area contributed by atoms with Crippen LogP contribution in [0.15, 0.2) is 97.1 Å². The van der Waals surface area contributed by atoms with Gasteiger partial charge in [0.1, 0.15) is 0 Å². The average Bonchev–Trinajstić information content (AvgIpc) is 3.74. The SMILES string of the molecule is C.CC.CC(C)(C)c1ccc([C@@H]2CC[C@@H](c3ccc(C(C)(C)C)cc3)P2Cl)cc1.CN(C)P1(=O)[C@H](c2ccc(C(C)(C)C)cc2)CC[C@H]1c1ccc(C(C)(C)C)cc1.Cl[SiH](Cl)Cl. The Kier molecular flexibility index (Phi) is 21.7. The number of hydrogen-bond acceptors (Lipinski definition) is 1. The van der Waals surface area contributed by atoms with Gasteiger partial charge in [-0.15, -0.1) is 33.2 Å². The van der Waals surface area contributed by atoms with Crippen LogP contribution in [-0.2, 0) is 26.2 Å². The van der Waals surface area contributed by atoms with Gasteiger partial charge in [-0.25, -0.2) is 0 Å². The molecule has 4 aromatic carbocycles. The minimum Gasteiger partial charge on any atom is -0.305 e. The summed E-state index contributed by atoms with van der Waals surface area (Å²) in [5.74, 6) is 0.